The average molecular weight is 266 g/mol. The highest BCUT2D eigenvalue weighted by molar-refractivity contribution is 6.28. The fourth-order valence-corrected chi connectivity index (χ4v) is 1.54. The SMILES string of the molecule is Cc1c(Oc2ccnc(Cl)n2)cccc1[N+](=O)[O-]. The number of ether oxygens (including phenoxy) is 1. The fourth-order valence-electron chi connectivity index (χ4n) is 1.40. The summed E-state index contributed by atoms with van der Waals surface area (Å²) < 4.78 is 5.44. The summed E-state index contributed by atoms with van der Waals surface area (Å²) in [6.45, 7) is 1.61. The minimum Gasteiger partial charge on any atom is -0.438 e. The van der Waals surface area contributed by atoms with E-state index in [1.807, 2.05) is 0 Å². The first-order valence-corrected chi connectivity index (χ1v) is 5.36. The summed E-state index contributed by atoms with van der Waals surface area (Å²) in [4.78, 5) is 17.9. The molecule has 0 amide bonds. The molecule has 0 aliphatic rings. The lowest BCUT2D eigenvalue weighted by molar-refractivity contribution is -0.385. The fraction of sp³-hybridized carbons (Fsp3) is 0.0909. The first-order valence-electron chi connectivity index (χ1n) is 4.98. The van der Waals surface area contributed by atoms with Gasteiger partial charge in [-0.2, -0.15) is 4.98 Å². The predicted molar refractivity (Wildman–Crippen MR) is 64.9 cm³/mol. The molecule has 7 heteroatoms. The zero-order valence-corrected chi connectivity index (χ0v) is 10.1. The zero-order chi connectivity index (χ0) is 13.1. The van der Waals surface area contributed by atoms with Crippen LogP contribution in [0.25, 0.3) is 0 Å². The van der Waals surface area contributed by atoms with E-state index in [9.17, 15) is 10.1 Å². The number of hydrogen-bond acceptors (Lipinski definition) is 5. The van der Waals surface area contributed by atoms with Gasteiger partial charge < -0.3 is 4.74 Å². The highest BCUT2D eigenvalue weighted by Gasteiger charge is 2.14. The lowest BCUT2D eigenvalue weighted by Gasteiger charge is -2.07. The van der Waals surface area contributed by atoms with Crippen LogP contribution in [-0.2, 0) is 0 Å². The molecule has 92 valence electrons. The minimum atomic E-state index is -0.463. The predicted octanol–water partition coefficient (Wildman–Crippen LogP) is 3.14. The first-order chi connectivity index (χ1) is 8.58. The van der Waals surface area contributed by atoms with Crippen molar-refractivity contribution in [3.05, 3.63) is 51.4 Å². The van der Waals surface area contributed by atoms with Crippen LogP contribution in [0, 0.1) is 17.0 Å². The van der Waals surface area contributed by atoms with Crippen LogP contribution in [0.4, 0.5) is 5.69 Å². The number of rotatable bonds is 3. The van der Waals surface area contributed by atoms with Crippen LogP contribution in [0.1, 0.15) is 5.56 Å². The van der Waals surface area contributed by atoms with Crippen LogP contribution in [0.15, 0.2) is 30.5 Å². The van der Waals surface area contributed by atoms with Gasteiger partial charge >= 0.3 is 0 Å². The van der Waals surface area contributed by atoms with Crippen LogP contribution < -0.4 is 4.74 Å². The summed E-state index contributed by atoms with van der Waals surface area (Å²) >= 11 is 5.62. The monoisotopic (exact) mass is 265 g/mol. The Bertz CT molecular complexity index is 604. The molecular weight excluding hydrogens is 258 g/mol. The van der Waals surface area contributed by atoms with Gasteiger partial charge in [0.25, 0.3) is 5.69 Å². The van der Waals surface area contributed by atoms with E-state index in [0.717, 1.165) is 0 Å². The normalized spacial score (nSPS) is 10.1. The molecule has 0 bridgehead atoms. The summed E-state index contributed by atoms with van der Waals surface area (Å²) in [6.07, 6.45) is 1.44. The van der Waals surface area contributed by atoms with E-state index in [2.05, 4.69) is 9.97 Å². The van der Waals surface area contributed by atoms with E-state index in [0.29, 0.717) is 11.3 Å². The van der Waals surface area contributed by atoms with Gasteiger partial charge in [-0.25, -0.2) is 4.98 Å². The van der Waals surface area contributed by atoms with E-state index in [1.54, 1.807) is 19.1 Å². The van der Waals surface area contributed by atoms with Crippen molar-refractivity contribution in [1.29, 1.82) is 0 Å². The van der Waals surface area contributed by atoms with Crippen molar-refractivity contribution in [3.8, 4) is 11.6 Å². The number of halogens is 1. The van der Waals surface area contributed by atoms with Gasteiger partial charge in [0.1, 0.15) is 5.75 Å². The number of nitrogens with zero attached hydrogens (tertiary/aromatic N) is 3. The van der Waals surface area contributed by atoms with Crippen LogP contribution in [0.5, 0.6) is 11.6 Å². The highest BCUT2D eigenvalue weighted by Crippen LogP contribution is 2.30. The second-order valence-corrected chi connectivity index (χ2v) is 3.76. The molecule has 0 unspecified atom stereocenters. The summed E-state index contributed by atoms with van der Waals surface area (Å²) in [7, 11) is 0. The van der Waals surface area contributed by atoms with E-state index in [4.69, 9.17) is 16.3 Å². The number of nitro groups is 1. The molecule has 6 nitrogen and oxygen atoms in total. The quantitative estimate of drug-likeness (QED) is 0.484. The van der Waals surface area contributed by atoms with Crippen LogP contribution in [-0.4, -0.2) is 14.9 Å². The van der Waals surface area contributed by atoms with Gasteiger partial charge in [0.15, 0.2) is 0 Å². The molecule has 0 N–H and O–H groups in total. The summed E-state index contributed by atoms with van der Waals surface area (Å²) in [5, 5.41) is 10.8. The first kappa shape index (κ1) is 12.3. The third-order valence-electron chi connectivity index (χ3n) is 2.27. The number of benzene rings is 1. The molecule has 1 aromatic carbocycles. The van der Waals surface area contributed by atoms with Crippen LogP contribution in [0.2, 0.25) is 5.28 Å². The van der Waals surface area contributed by atoms with E-state index >= 15 is 0 Å². The van der Waals surface area contributed by atoms with Crippen molar-refractivity contribution in [2.75, 3.05) is 0 Å². The maximum Gasteiger partial charge on any atom is 0.276 e. The van der Waals surface area contributed by atoms with Crippen molar-refractivity contribution < 1.29 is 9.66 Å². The Balaban J connectivity index is 2.35. The molecule has 0 fully saturated rings. The van der Waals surface area contributed by atoms with Gasteiger partial charge in [-0.05, 0) is 24.6 Å². The van der Waals surface area contributed by atoms with Crippen molar-refractivity contribution in [1.82, 2.24) is 9.97 Å². The molecular formula is C11H8ClN3O3. The third-order valence-corrected chi connectivity index (χ3v) is 2.45. The molecule has 0 spiro atoms. The molecule has 2 rings (SSSR count). The van der Waals surface area contributed by atoms with Gasteiger partial charge in [-0.15, -0.1) is 0 Å². The molecule has 1 aromatic heterocycles. The Morgan fingerprint density at radius 3 is 2.83 bits per heavy atom. The largest absolute Gasteiger partial charge is 0.438 e. The highest BCUT2D eigenvalue weighted by atomic mass is 35.5. The lowest BCUT2D eigenvalue weighted by Crippen LogP contribution is -1.96. The van der Waals surface area contributed by atoms with Gasteiger partial charge in [0.2, 0.25) is 11.2 Å². The summed E-state index contributed by atoms with van der Waals surface area (Å²) in [5.74, 6) is 0.595. The van der Waals surface area contributed by atoms with Crippen LogP contribution >= 0.6 is 11.6 Å². The molecule has 2 aromatic rings. The topological polar surface area (TPSA) is 78.2 Å². The Morgan fingerprint density at radius 2 is 2.17 bits per heavy atom. The second kappa shape index (κ2) is 4.97. The van der Waals surface area contributed by atoms with Crippen molar-refractivity contribution in [2.24, 2.45) is 0 Å². The van der Waals surface area contributed by atoms with Gasteiger partial charge in [0, 0.05) is 18.3 Å². The van der Waals surface area contributed by atoms with Crippen molar-refractivity contribution in [3.63, 3.8) is 0 Å². The number of hydrogen-bond donors (Lipinski definition) is 0. The Kier molecular flexibility index (Phi) is 3.38. The third kappa shape index (κ3) is 2.54. The molecule has 0 aliphatic heterocycles. The van der Waals surface area contributed by atoms with Gasteiger partial charge in [0.05, 0.1) is 10.5 Å². The molecule has 1 heterocycles. The van der Waals surface area contributed by atoms with E-state index in [1.165, 1.54) is 18.3 Å². The van der Waals surface area contributed by atoms with Crippen molar-refractivity contribution in [2.45, 2.75) is 6.92 Å². The summed E-state index contributed by atoms with van der Waals surface area (Å²) in [5.41, 5.74) is 0.421. The smallest absolute Gasteiger partial charge is 0.276 e. The molecule has 0 aliphatic carbocycles. The molecule has 0 saturated heterocycles. The van der Waals surface area contributed by atoms with E-state index in [-0.39, 0.29) is 16.9 Å². The second-order valence-electron chi connectivity index (χ2n) is 3.42. The molecule has 18 heavy (non-hydrogen) atoms. The lowest BCUT2D eigenvalue weighted by atomic mass is 10.2. The standard InChI is InChI=1S/C11H8ClN3O3/c1-7-8(15(16)17)3-2-4-9(7)18-10-5-6-13-11(12)14-10/h2-6H,1H3. The molecule has 0 radical (unpaired) electrons. The average Bonchev–Trinajstić information content (AvgIpc) is 2.31. The maximum atomic E-state index is 10.8. The molecule has 0 atom stereocenters. The van der Waals surface area contributed by atoms with Crippen LogP contribution in [0.3, 0.4) is 0 Å². The number of aromatic nitrogens is 2. The zero-order valence-electron chi connectivity index (χ0n) is 9.33. The van der Waals surface area contributed by atoms with Crippen molar-refractivity contribution >= 4 is 17.3 Å². The maximum absolute atomic E-state index is 10.8. The Labute approximate surface area is 107 Å². The Morgan fingerprint density at radius 1 is 1.39 bits per heavy atom. The van der Waals surface area contributed by atoms with E-state index < -0.39 is 4.92 Å². The van der Waals surface area contributed by atoms with Gasteiger partial charge in [-0.1, -0.05) is 6.07 Å². The molecule has 0 saturated carbocycles. The Hall–Kier alpha value is -2.21. The van der Waals surface area contributed by atoms with Gasteiger partial charge in [-0.3, -0.25) is 10.1 Å². The minimum absolute atomic E-state index is 0.00680. The number of nitro benzene ring substituents is 1. The summed E-state index contributed by atoms with van der Waals surface area (Å²) in [6, 6.07) is 6.10.